The fraction of sp³-hybridized carbons (Fsp3) is 0.286. The van der Waals surface area contributed by atoms with Crippen LogP contribution >= 0.6 is 0 Å². The molecule has 1 aromatic heterocycles. The van der Waals surface area contributed by atoms with Gasteiger partial charge in [0.25, 0.3) is 0 Å². The summed E-state index contributed by atoms with van der Waals surface area (Å²) in [6.07, 6.45) is 3.62. The van der Waals surface area contributed by atoms with Crippen LogP contribution in [0.2, 0.25) is 0 Å². The first kappa shape index (κ1) is 6.08. The Morgan fingerprint density at radius 1 is 1.89 bits per heavy atom. The number of aryl methyl sites for hydroxylation is 1. The molecule has 2 nitrogen and oxygen atoms in total. The van der Waals surface area contributed by atoms with Gasteiger partial charge in [0.2, 0.25) is 0 Å². The molecule has 0 aliphatic carbocycles. The van der Waals surface area contributed by atoms with Gasteiger partial charge in [-0.15, -0.1) is 6.58 Å². The monoisotopic (exact) mass is 122 g/mol. The SMILES string of the molecule is C=CCn1nccc1C. The Morgan fingerprint density at radius 2 is 2.67 bits per heavy atom. The van der Waals surface area contributed by atoms with E-state index in [0.29, 0.717) is 0 Å². The van der Waals surface area contributed by atoms with Crippen molar-refractivity contribution in [3.8, 4) is 0 Å². The van der Waals surface area contributed by atoms with Crippen LogP contribution < -0.4 is 0 Å². The van der Waals surface area contributed by atoms with E-state index < -0.39 is 0 Å². The average Bonchev–Trinajstić information content (AvgIpc) is 2.18. The number of nitrogens with zero attached hydrogens (tertiary/aromatic N) is 2. The normalized spacial score (nSPS) is 9.44. The van der Waals surface area contributed by atoms with E-state index in [2.05, 4.69) is 11.7 Å². The van der Waals surface area contributed by atoms with Gasteiger partial charge in [-0.25, -0.2) is 0 Å². The van der Waals surface area contributed by atoms with E-state index in [-0.39, 0.29) is 0 Å². The molecule has 0 amide bonds. The highest BCUT2D eigenvalue weighted by Gasteiger charge is 1.90. The van der Waals surface area contributed by atoms with Gasteiger partial charge in [0, 0.05) is 11.9 Å². The Balaban J connectivity index is 2.80. The van der Waals surface area contributed by atoms with E-state index in [1.54, 1.807) is 6.20 Å². The molecule has 0 radical (unpaired) electrons. The number of aromatic nitrogens is 2. The largest absolute Gasteiger partial charge is 0.266 e. The molecule has 0 aromatic carbocycles. The van der Waals surface area contributed by atoms with Crippen LogP contribution in [-0.4, -0.2) is 9.78 Å². The Morgan fingerprint density at radius 3 is 3.11 bits per heavy atom. The second-order valence-corrected chi connectivity index (χ2v) is 1.94. The quantitative estimate of drug-likeness (QED) is 0.542. The number of hydrogen-bond acceptors (Lipinski definition) is 1. The summed E-state index contributed by atoms with van der Waals surface area (Å²) in [5, 5.41) is 4.05. The van der Waals surface area contributed by atoms with Gasteiger partial charge in [0.1, 0.15) is 0 Å². The summed E-state index contributed by atoms with van der Waals surface area (Å²) in [6, 6.07) is 1.98. The first-order chi connectivity index (χ1) is 4.34. The van der Waals surface area contributed by atoms with Crippen LogP contribution in [0.1, 0.15) is 5.69 Å². The Hall–Kier alpha value is -1.05. The summed E-state index contributed by atoms with van der Waals surface area (Å²) in [4.78, 5) is 0. The lowest BCUT2D eigenvalue weighted by Crippen LogP contribution is -1.98. The van der Waals surface area contributed by atoms with Gasteiger partial charge in [-0.2, -0.15) is 5.10 Å². The van der Waals surface area contributed by atoms with Crippen molar-refractivity contribution in [3.63, 3.8) is 0 Å². The van der Waals surface area contributed by atoms with Crippen molar-refractivity contribution in [2.45, 2.75) is 13.5 Å². The minimum absolute atomic E-state index is 0.804. The molecular formula is C7H10N2. The van der Waals surface area contributed by atoms with Crippen molar-refractivity contribution in [3.05, 3.63) is 30.6 Å². The molecule has 48 valence electrons. The summed E-state index contributed by atoms with van der Waals surface area (Å²) >= 11 is 0. The molecule has 0 atom stereocenters. The summed E-state index contributed by atoms with van der Waals surface area (Å²) in [7, 11) is 0. The first-order valence-electron chi connectivity index (χ1n) is 2.94. The van der Waals surface area contributed by atoms with Gasteiger partial charge in [0.05, 0.1) is 6.54 Å². The molecule has 0 saturated heterocycles. The molecule has 2 heteroatoms. The zero-order chi connectivity index (χ0) is 6.69. The Labute approximate surface area is 54.8 Å². The smallest absolute Gasteiger partial charge is 0.0590 e. The summed E-state index contributed by atoms with van der Waals surface area (Å²) in [5.41, 5.74) is 1.18. The van der Waals surface area contributed by atoms with E-state index in [4.69, 9.17) is 0 Å². The van der Waals surface area contributed by atoms with Crippen LogP contribution in [0.4, 0.5) is 0 Å². The molecule has 0 N–H and O–H groups in total. The molecule has 1 rings (SSSR count). The van der Waals surface area contributed by atoms with Crippen molar-refractivity contribution >= 4 is 0 Å². The second-order valence-electron chi connectivity index (χ2n) is 1.94. The summed E-state index contributed by atoms with van der Waals surface area (Å²) in [5.74, 6) is 0. The molecule has 0 aliphatic heterocycles. The molecule has 0 spiro atoms. The summed E-state index contributed by atoms with van der Waals surface area (Å²) in [6.45, 7) is 6.44. The molecule has 0 bridgehead atoms. The third-order valence-corrected chi connectivity index (χ3v) is 1.23. The minimum Gasteiger partial charge on any atom is -0.266 e. The third-order valence-electron chi connectivity index (χ3n) is 1.23. The minimum atomic E-state index is 0.804. The van der Waals surface area contributed by atoms with Crippen LogP contribution in [0.5, 0.6) is 0 Å². The predicted molar refractivity (Wildman–Crippen MR) is 37.2 cm³/mol. The average molecular weight is 122 g/mol. The third kappa shape index (κ3) is 1.19. The maximum Gasteiger partial charge on any atom is 0.0590 e. The number of hydrogen-bond donors (Lipinski definition) is 0. The van der Waals surface area contributed by atoms with Gasteiger partial charge in [-0.3, -0.25) is 4.68 Å². The van der Waals surface area contributed by atoms with Gasteiger partial charge >= 0.3 is 0 Å². The van der Waals surface area contributed by atoms with Crippen LogP contribution in [-0.2, 0) is 6.54 Å². The van der Waals surface area contributed by atoms with E-state index in [0.717, 1.165) is 6.54 Å². The zero-order valence-corrected chi connectivity index (χ0v) is 5.54. The van der Waals surface area contributed by atoms with Crippen molar-refractivity contribution in [1.29, 1.82) is 0 Å². The van der Waals surface area contributed by atoms with E-state index in [1.807, 2.05) is 23.7 Å². The standard InChI is InChI=1S/C7H10N2/c1-3-6-9-7(2)4-5-8-9/h3-5H,1,6H2,2H3. The second kappa shape index (κ2) is 2.49. The van der Waals surface area contributed by atoms with Crippen molar-refractivity contribution in [1.82, 2.24) is 9.78 Å². The van der Waals surface area contributed by atoms with E-state index in [1.165, 1.54) is 5.69 Å². The lowest BCUT2D eigenvalue weighted by molar-refractivity contribution is 0.680. The maximum atomic E-state index is 4.05. The fourth-order valence-corrected chi connectivity index (χ4v) is 0.712. The zero-order valence-electron chi connectivity index (χ0n) is 5.54. The highest BCUT2D eigenvalue weighted by atomic mass is 15.3. The Bertz CT molecular complexity index is 200. The van der Waals surface area contributed by atoms with Gasteiger partial charge in [-0.05, 0) is 13.0 Å². The molecule has 1 heterocycles. The van der Waals surface area contributed by atoms with E-state index in [9.17, 15) is 0 Å². The van der Waals surface area contributed by atoms with Gasteiger partial charge in [0.15, 0.2) is 0 Å². The van der Waals surface area contributed by atoms with Crippen molar-refractivity contribution in [2.24, 2.45) is 0 Å². The molecule has 0 saturated carbocycles. The topological polar surface area (TPSA) is 17.8 Å². The van der Waals surface area contributed by atoms with Gasteiger partial charge in [-0.1, -0.05) is 6.08 Å². The molecule has 0 fully saturated rings. The lowest BCUT2D eigenvalue weighted by atomic mass is 10.5. The van der Waals surface area contributed by atoms with Crippen LogP contribution in [0.3, 0.4) is 0 Å². The predicted octanol–water partition coefficient (Wildman–Crippen LogP) is 1.38. The maximum absolute atomic E-state index is 4.05. The lowest BCUT2D eigenvalue weighted by Gasteiger charge is -1.96. The molecule has 1 aromatic rings. The van der Waals surface area contributed by atoms with Crippen LogP contribution in [0, 0.1) is 6.92 Å². The van der Waals surface area contributed by atoms with Crippen molar-refractivity contribution < 1.29 is 0 Å². The molecule has 9 heavy (non-hydrogen) atoms. The van der Waals surface area contributed by atoms with Crippen LogP contribution in [0.15, 0.2) is 24.9 Å². The van der Waals surface area contributed by atoms with Gasteiger partial charge < -0.3 is 0 Å². The van der Waals surface area contributed by atoms with Crippen molar-refractivity contribution in [2.75, 3.05) is 0 Å². The highest BCUT2D eigenvalue weighted by Crippen LogP contribution is 1.94. The number of allylic oxidation sites excluding steroid dienone is 1. The highest BCUT2D eigenvalue weighted by molar-refractivity contribution is 4.97. The van der Waals surface area contributed by atoms with Crippen LogP contribution in [0.25, 0.3) is 0 Å². The molecule has 0 unspecified atom stereocenters. The number of rotatable bonds is 2. The first-order valence-corrected chi connectivity index (χ1v) is 2.94. The molecular weight excluding hydrogens is 112 g/mol. The molecule has 0 aliphatic rings. The van der Waals surface area contributed by atoms with E-state index >= 15 is 0 Å². The fourth-order valence-electron chi connectivity index (χ4n) is 0.712. The Kier molecular flexibility index (Phi) is 1.68. The summed E-state index contributed by atoms with van der Waals surface area (Å²) < 4.78 is 1.90.